The Morgan fingerprint density at radius 3 is 2.71 bits per heavy atom. The number of nitrogens with one attached hydrogen (secondary N) is 2. The molecule has 3 rings (SSSR count). The van der Waals surface area contributed by atoms with Gasteiger partial charge in [-0.15, -0.1) is 0 Å². The first-order chi connectivity index (χ1) is 13.3. The van der Waals surface area contributed by atoms with Gasteiger partial charge in [0.1, 0.15) is 17.5 Å². The van der Waals surface area contributed by atoms with Gasteiger partial charge in [-0.05, 0) is 26.3 Å². The van der Waals surface area contributed by atoms with Crippen LogP contribution in [0.3, 0.4) is 0 Å². The summed E-state index contributed by atoms with van der Waals surface area (Å²) in [5.41, 5.74) is 0.435. The molecule has 0 saturated carbocycles. The molecule has 0 radical (unpaired) electrons. The van der Waals surface area contributed by atoms with E-state index in [0.29, 0.717) is 37.8 Å². The molecule has 0 bridgehead atoms. The first-order valence-corrected chi connectivity index (χ1v) is 9.45. The average Bonchev–Trinajstić information content (AvgIpc) is 3.08. The Balaban J connectivity index is 1.58. The van der Waals surface area contributed by atoms with E-state index in [9.17, 15) is 9.59 Å². The molecule has 7 nitrogen and oxygen atoms in total. The Kier molecular flexibility index (Phi) is 5.92. The number of H-pyrrole nitrogens is 1. The van der Waals surface area contributed by atoms with Crippen LogP contribution in [0.5, 0.6) is 5.88 Å². The number of nitrogens with zero attached hydrogens (tertiary/aromatic N) is 1. The standard InChI is InChI=1S/C21H27N3O4/c1-21(2,3)28-20(26)24-10-9-17(14-24)27-19-12-16(25)11-18(23-19)22-13-15-7-5-4-6-8-15/h4-8,11-12,17H,9-10,13-14H2,1-3H3,(H2,22,23,25). The number of benzene rings is 1. The van der Waals surface area contributed by atoms with Gasteiger partial charge in [0.25, 0.3) is 0 Å². The van der Waals surface area contributed by atoms with E-state index < -0.39 is 5.60 Å². The monoisotopic (exact) mass is 385 g/mol. The summed E-state index contributed by atoms with van der Waals surface area (Å²) < 4.78 is 11.3. The van der Waals surface area contributed by atoms with Crippen molar-refractivity contribution in [2.45, 2.75) is 45.4 Å². The van der Waals surface area contributed by atoms with E-state index in [1.165, 1.54) is 12.1 Å². The predicted molar refractivity (Wildman–Crippen MR) is 108 cm³/mol. The Morgan fingerprint density at radius 1 is 1.25 bits per heavy atom. The van der Waals surface area contributed by atoms with E-state index in [-0.39, 0.29) is 17.6 Å². The van der Waals surface area contributed by atoms with Crippen LogP contribution in [0.25, 0.3) is 0 Å². The summed E-state index contributed by atoms with van der Waals surface area (Å²) in [6.07, 6.45) is 0.154. The van der Waals surface area contributed by atoms with Crippen LogP contribution in [-0.2, 0) is 11.3 Å². The van der Waals surface area contributed by atoms with Crippen LogP contribution in [0.1, 0.15) is 32.8 Å². The molecule has 1 aliphatic rings. The highest BCUT2D eigenvalue weighted by molar-refractivity contribution is 5.68. The molecule has 2 aromatic rings. The fourth-order valence-corrected chi connectivity index (χ4v) is 2.97. The first-order valence-electron chi connectivity index (χ1n) is 9.45. The normalized spacial score (nSPS) is 16.7. The van der Waals surface area contributed by atoms with Crippen molar-refractivity contribution in [3.8, 4) is 5.88 Å². The zero-order valence-corrected chi connectivity index (χ0v) is 16.5. The number of pyridine rings is 1. The number of anilines is 1. The van der Waals surface area contributed by atoms with E-state index in [4.69, 9.17) is 9.47 Å². The lowest BCUT2D eigenvalue weighted by Gasteiger charge is -2.24. The van der Waals surface area contributed by atoms with Gasteiger partial charge < -0.3 is 24.7 Å². The second-order valence-electron chi connectivity index (χ2n) is 7.89. The zero-order valence-electron chi connectivity index (χ0n) is 16.5. The number of ether oxygens (including phenoxy) is 2. The van der Waals surface area contributed by atoms with Crippen LogP contribution in [-0.4, -0.2) is 40.8 Å². The Labute approximate surface area is 164 Å². The average molecular weight is 385 g/mol. The van der Waals surface area contributed by atoms with Crippen LogP contribution in [0.15, 0.2) is 47.3 Å². The van der Waals surface area contributed by atoms with Crippen molar-refractivity contribution in [1.82, 2.24) is 9.88 Å². The molecular formula is C21H27N3O4. The number of aromatic nitrogens is 1. The van der Waals surface area contributed by atoms with Gasteiger partial charge in [-0.2, -0.15) is 0 Å². The summed E-state index contributed by atoms with van der Waals surface area (Å²) in [6, 6.07) is 12.8. The number of aromatic amines is 1. The maximum absolute atomic E-state index is 12.2. The van der Waals surface area contributed by atoms with Crippen molar-refractivity contribution in [3.05, 3.63) is 58.3 Å². The summed E-state index contributed by atoms with van der Waals surface area (Å²) in [7, 11) is 0. The number of hydrogen-bond acceptors (Lipinski definition) is 5. The summed E-state index contributed by atoms with van der Waals surface area (Å²) >= 11 is 0. The highest BCUT2D eigenvalue weighted by Crippen LogP contribution is 2.19. The number of hydrogen-bond donors (Lipinski definition) is 2. The number of carbonyl (C=O) groups is 1. The Morgan fingerprint density at radius 2 is 2.00 bits per heavy atom. The molecule has 28 heavy (non-hydrogen) atoms. The van der Waals surface area contributed by atoms with Gasteiger partial charge in [-0.1, -0.05) is 30.3 Å². The first kappa shape index (κ1) is 19.8. The summed E-state index contributed by atoms with van der Waals surface area (Å²) in [4.78, 5) is 28.9. The summed E-state index contributed by atoms with van der Waals surface area (Å²) in [5.74, 6) is 0.979. The van der Waals surface area contributed by atoms with Crippen molar-refractivity contribution in [1.29, 1.82) is 0 Å². The van der Waals surface area contributed by atoms with E-state index in [0.717, 1.165) is 5.56 Å². The van der Waals surface area contributed by atoms with Crippen molar-refractivity contribution in [3.63, 3.8) is 0 Å². The number of carbonyl (C=O) groups excluding carboxylic acids is 1. The number of amides is 1. The molecule has 150 valence electrons. The number of likely N-dealkylation sites (tertiary alicyclic amines) is 1. The van der Waals surface area contributed by atoms with Gasteiger partial charge in [-0.25, -0.2) is 4.79 Å². The molecule has 1 aromatic carbocycles. The zero-order chi connectivity index (χ0) is 20.1. The summed E-state index contributed by atoms with van der Waals surface area (Å²) in [6.45, 7) is 7.11. The fraction of sp³-hybridized carbons (Fsp3) is 0.429. The highest BCUT2D eigenvalue weighted by atomic mass is 16.6. The molecule has 1 aliphatic heterocycles. The Hall–Kier alpha value is -2.96. The lowest BCUT2D eigenvalue weighted by Crippen LogP contribution is -2.36. The molecule has 1 unspecified atom stereocenters. The van der Waals surface area contributed by atoms with Gasteiger partial charge in [0.05, 0.1) is 6.54 Å². The topological polar surface area (TPSA) is 83.7 Å². The maximum Gasteiger partial charge on any atom is 0.410 e. The minimum absolute atomic E-state index is 0.147. The predicted octanol–water partition coefficient (Wildman–Crippen LogP) is 3.38. The highest BCUT2D eigenvalue weighted by Gasteiger charge is 2.31. The van der Waals surface area contributed by atoms with Crippen molar-refractivity contribution in [2.24, 2.45) is 0 Å². The Bertz CT molecular complexity index is 858. The third kappa shape index (κ3) is 5.77. The van der Waals surface area contributed by atoms with E-state index in [1.807, 2.05) is 51.1 Å². The largest absolute Gasteiger partial charge is 0.474 e. The smallest absolute Gasteiger partial charge is 0.410 e. The minimum Gasteiger partial charge on any atom is -0.474 e. The van der Waals surface area contributed by atoms with Crippen LogP contribution in [0.4, 0.5) is 10.6 Å². The fourth-order valence-electron chi connectivity index (χ4n) is 2.97. The second-order valence-corrected chi connectivity index (χ2v) is 7.89. The molecular weight excluding hydrogens is 358 g/mol. The van der Waals surface area contributed by atoms with E-state index in [1.54, 1.807) is 4.90 Å². The van der Waals surface area contributed by atoms with E-state index in [2.05, 4.69) is 10.3 Å². The molecule has 1 fully saturated rings. The van der Waals surface area contributed by atoms with Crippen LogP contribution >= 0.6 is 0 Å². The van der Waals surface area contributed by atoms with Gasteiger partial charge in [-0.3, -0.25) is 4.79 Å². The third-order valence-electron chi connectivity index (χ3n) is 4.23. The molecule has 7 heteroatoms. The minimum atomic E-state index is -0.528. The van der Waals surface area contributed by atoms with E-state index >= 15 is 0 Å². The van der Waals surface area contributed by atoms with Gasteiger partial charge in [0, 0.05) is 31.6 Å². The lowest BCUT2D eigenvalue weighted by atomic mass is 10.2. The third-order valence-corrected chi connectivity index (χ3v) is 4.23. The maximum atomic E-state index is 12.2. The van der Waals surface area contributed by atoms with Crippen molar-refractivity contribution >= 4 is 11.9 Å². The van der Waals surface area contributed by atoms with Crippen LogP contribution in [0, 0.1) is 0 Å². The SMILES string of the molecule is CC(C)(C)OC(=O)N1CCC(Oc2cc(=O)cc(NCc3ccccc3)[nH]2)C1. The molecule has 1 saturated heterocycles. The quantitative estimate of drug-likeness (QED) is 0.824. The van der Waals surface area contributed by atoms with Crippen molar-refractivity contribution < 1.29 is 14.3 Å². The molecule has 2 heterocycles. The molecule has 1 amide bonds. The van der Waals surface area contributed by atoms with Crippen LogP contribution in [0.2, 0.25) is 0 Å². The van der Waals surface area contributed by atoms with Crippen molar-refractivity contribution in [2.75, 3.05) is 18.4 Å². The second kappa shape index (κ2) is 8.37. The molecule has 2 N–H and O–H groups in total. The molecule has 0 spiro atoms. The van der Waals surface area contributed by atoms with Gasteiger partial charge >= 0.3 is 6.09 Å². The molecule has 1 atom stereocenters. The van der Waals surface area contributed by atoms with Gasteiger partial charge in [0.15, 0.2) is 11.3 Å². The molecule has 1 aromatic heterocycles. The summed E-state index contributed by atoms with van der Waals surface area (Å²) in [5, 5.41) is 3.20. The molecule has 0 aliphatic carbocycles. The van der Waals surface area contributed by atoms with Gasteiger partial charge in [0.2, 0.25) is 0 Å². The lowest BCUT2D eigenvalue weighted by molar-refractivity contribution is 0.0275. The van der Waals surface area contributed by atoms with Crippen LogP contribution < -0.4 is 15.5 Å². The number of rotatable bonds is 5.